The summed E-state index contributed by atoms with van der Waals surface area (Å²) >= 11 is 0. The van der Waals surface area contributed by atoms with E-state index in [2.05, 4.69) is 17.1 Å². The summed E-state index contributed by atoms with van der Waals surface area (Å²) in [5.74, 6) is 0. The summed E-state index contributed by atoms with van der Waals surface area (Å²) in [5, 5.41) is 2.79. The Morgan fingerprint density at radius 2 is 1.92 bits per heavy atom. The summed E-state index contributed by atoms with van der Waals surface area (Å²) in [4.78, 5) is 12.6. The van der Waals surface area contributed by atoms with Gasteiger partial charge in [0.2, 0.25) is 6.41 Å². The van der Waals surface area contributed by atoms with Gasteiger partial charge in [0.05, 0.1) is 0 Å². The normalized spacial score (nSPS) is 21.9. The number of amides is 1. The molecule has 3 nitrogen and oxygen atoms in total. The van der Waals surface area contributed by atoms with Gasteiger partial charge in [-0.15, -0.1) is 0 Å². The Bertz CT molecular complexity index is 142. The average Bonchev–Trinajstić information content (AvgIpc) is 2.33. The fraction of sp³-hybridized carbons (Fsp3) is 0.900. The van der Waals surface area contributed by atoms with Gasteiger partial charge >= 0.3 is 0 Å². The largest absolute Gasteiger partial charge is 0.355 e. The fourth-order valence-electron chi connectivity index (χ4n) is 1.87. The van der Waals surface area contributed by atoms with Gasteiger partial charge in [-0.3, -0.25) is 4.79 Å². The monoisotopic (exact) mass is 184 g/mol. The molecule has 1 aliphatic heterocycles. The Labute approximate surface area is 80.5 Å². The second-order valence-electron chi connectivity index (χ2n) is 3.90. The molecule has 0 unspecified atom stereocenters. The van der Waals surface area contributed by atoms with Crippen LogP contribution in [0.15, 0.2) is 0 Å². The van der Waals surface area contributed by atoms with Crippen LogP contribution in [-0.4, -0.2) is 37.0 Å². The Kier molecular flexibility index (Phi) is 4.83. The van der Waals surface area contributed by atoms with Crippen molar-refractivity contribution in [2.45, 2.75) is 38.6 Å². The lowest BCUT2D eigenvalue weighted by atomic mass is 10.2. The van der Waals surface area contributed by atoms with Crippen LogP contribution in [-0.2, 0) is 4.79 Å². The average molecular weight is 184 g/mol. The molecule has 0 aromatic rings. The lowest BCUT2D eigenvalue weighted by Crippen LogP contribution is -2.39. The van der Waals surface area contributed by atoms with Crippen molar-refractivity contribution >= 4 is 6.41 Å². The zero-order valence-electron chi connectivity index (χ0n) is 8.46. The van der Waals surface area contributed by atoms with Gasteiger partial charge in [-0.1, -0.05) is 12.8 Å². The third kappa shape index (κ3) is 4.27. The first-order chi connectivity index (χ1) is 6.33. The number of hydrogen-bond donors (Lipinski definition) is 1. The van der Waals surface area contributed by atoms with Crippen LogP contribution < -0.4 is 5.32 Å². The second kappa shape index (κ2) is 5.97. The van der Waals surface area contributed by atoms with E-state index in [4.69, 9.17) is 0 Å². The van der Waals surface area contributed by atoms with Crippen LogP contribution in [0.1, 0.15) is 32.6 Å². The first kappa shape index (κ1) is 10.5. The van der Waals surface area contributed by atoms with Gasteiger partial charge in [-0.25, -0.2) is 0 Å². The zero-order chi connectivity index (χ0) is 9.52. The molecule has 0 saturated carbocycles. The summed E-state index contributed by atoms with van der Waals surface area (Å²) in [5.41, 5.74) is 0. The number of hydrogen-bond acceptors (Lipinski definition) is 2. The molecule has 0 radical (unpaired) electrons. The van der Waals surface area contributed by atoms with Gasteiger partial charge in [0.1, 0.15) is 0 Å². The van der Waals surface area contributed by atoms with E-state index in [1.54, 1.807) is 0 Å². The number of nitrogens with one attached hydrogen (secondary N) is 1. The maximum Gasteiger partial charge on any atom is 0.207 e. The van der Waals surface area contributed by atoms with Crippen molar-refractivity contribution in [1.29, 1.82) is 0 Å². The molecule has 1 aliphatic rings. The first-order valence-electron chi connectivity index (χ1n) is 5.25. The minimum Gasteiger partial charge on any atom is -0.355 e. The number of carbonyl (C=O) groups excluding carboxylic acids is 1. The molecule has 0 bridgehead atoms. The van der Waals surface area contributed by atoms with E-state index in [9.17, 15) is 4.79 Å². The van der Waals surface area contributed by atoms with Crippen LogP contribution in [0, 0.1) is 0 Å². The van der Waals surface area contributed by atoms with E-state index in [0.29, 0.717) is 0 Å². The van der Waals surface area contributed by atoms with Crippen LogP contribution in [0.3, 0.4) is 0 Å². The molecule has 1 atom stereocenters. The van der Waals surface area contributed by atoms with Crippen molar-refractivity contribution in [1.82, 2.24) is 10.2 Å². The summed E-state index contributed by atoms with van der Waals surface area (Å²) in [7, 11) is 0. The molecule has 1 rings (SSSR count). The van der Waals surface area contributed by atoms with E-state index in [1.807, 2.05) is 0 Å². The number of nitrogens with zero attached hydrogens (tertiary/aromatic N) is 1. The molecule has 0 spiro atoms. The molecule has 76 valence electrons. The predicted molar refractivity (Wildman–Crippen MR) is 53.6 cm³/mol. The highest BCUT2D eigenvalue weighted by molar-refractivity contribution is 5.46. The molecule has 3 heteroatoms. The summed E-state index contributed by atoms with van der Waals surface area (Å²) < 4.78 is 0. The molecule has 1 fully saturated rings. The molecule has 0 aromatic heterocycles. The Morgan fingerprint density at radius 1 is 1.31 bits per heavy atom. The van der Waals surface area contributed by atoms with Crippen molar-refractivity contribution in [3.8, 4) is 0 Å². The third-order valence-electron chi connectivity index (χ3n) is 2.58. The fourth-order valence-corrected chi connectivity index (χ4v) is 1.87. The highest BCUT2D eigenvalue weighted by atomic mass is 16.1. The topological polar surface area (TPSA) is 32.3 Å². The highest BCUT2D eigenvalue weighted by Gasteiger charge is 2.11. The second-order valence-corrected chi connectivity index (χ2v) is 3.90. The van der Waals surface area contributed by atoms with Gasteiger partial charge in [0.15, 0.2) is 0 Å². The summed E-state index contributed by atoms with van der Waals surface area (Å²) in [6.45, 7) is 5.45. The van der Waals surface area contributed by atoms with E-state index in [1.165, 1.54) is 38.8 Å². The molecule has 1 N–H and O–H groups in total. The third-order valence-corrected chi connectivity index (χ3v) is 2.58. The molecule has 1 amide bonds. The Balaban J connectivity index is 2.20. The molecular formula is C10H20N2O. The molecule has 0 aromatic carbocycles. The van der Waals surface area contributed by atoms with Gasteiger partial charge in [0, 0.05) is 12.6 Å². The quantitative estimate of drug-likeness (QED) is 0.661. The van der Waals surface area contributed by atoms with Gasteiger partial charge in [0.25, 0.3) is 0 Å². The molecule has 13 heavy (non-hydrogen) atoms. The van der Waals surface area contributed by atoms with Crippen LogP contribution in [0.4, 0.5) is 0 Å². The van der Waals surface area contributed by atoms with E-state index in [0.717, 1.165) is 13.0 Å². The van der Waals surface area contributed by atoms with Crippen LogP contribution in [0.2, 0.25) is 0 Å². The minimum absolute atomic E-state index is 0.288. The van der Waals surface area contributed by atoms with E-state index in [-0.39, 0.29) is 6.04 Å². The lowest BCUT2D eigenvalue weighted by Gasteiger charge is -2.23. The standard InChI is InChI=1S/C10H20N2O/c1-10(11-9-13)8-12-6-4-2-3-5-7-12/h9-10H,2-8H2,1H3,(H,11,13)/t10-/m0/s1. The highest BCUT2D eigenvalue weighted by Crippen LogP contribution is 2.09. The van der Waals surface area contributed by atoms with E-state index >= 15 is 0 Å². The maximum absolute atomic E-state index is 10.2. The smallest absolute Gasteiger partial charge is 0.207 e. The SMILES string of the molecule is C[C@@H](CN1CCCCCC1)NC=O. The lowest BCUT2D eigenvalue weighted by molar-refractivity contribution is -0.110. The number of carbonyl (C=O) groups is 1. The van der Waals surface area contributed by atoms with Crippen molar-refractivity contribution in [3.05, 3.63) is 0 Å². The van der Waals surface area contributed by atoms with Gasteiger partial charge < -0.3 is 10.2 Å². The summed E-state index contributed by atoms with van der Waals surface area (Å²) in [6, 6.07) is 0.288. The van der Waals surface area contributed by atoms with Crippen LogP contribution in [0.5, 0.6) is 0 Å². The van der Waals surface area contributed by atoms with Crippen LogP contribution >= 0.6 is 0 Å². The minimum atomic E-state index is 0.288. The zero-order valence-corrected chi connectivity index (χ0v) is 8.46. The van der Waals surface area contributed by atoms with Crippen molar-refractivity contribution < 1.29 is 4.79 Å². The Hall–Kier alpha value is -0.570. The van der Waals surface area contributed by atoms with Crippen molar-refractivity contribution in [2.24, 2.45) is 0 Å². The van der Waals surface area contributed by atoms with Gasteiger partial charge in [-0.05, 0) is 32.9 Å². The van der Waals surface area contributed by atoms with Crippen molar-refractivity contribution in [2.75, 3.05) is 19.6 Å². The van der Waals surface area contributed by atoms with Crippen LogP contribution in [0.25, 0.3) is 0 Å². The Morgan fingerprint density at radius 3 is 2.46 bits per heavy atom. The molecule has 1 saturated heterocycles. The van der Waals surface area contributed by atoms with Gasteiger partial charge in [-0.2, -0.15) is 0 Å². The molecule has 1 heterocycles. The number of likely N-dealkylation sites (tertiary alicyclic amines) is 1. The summed E-state index contributed by atoms with van der Waals surface area (Å²) in [6.07, 6.45) is 6.15. The molecule has 0 aliphatic carbocycles. The maximum atomic E-state index is 10.2. The first-order valence-corrected chi connectivity index (χ1v) is 5.25. The molecular weight excluding hydrogens is 164 g/mol. The van der Waals surface area contributed by atoms with Crippen molar-refractivity contribution in [3.63, 3.8) is 0 Å². The predicted octanol–water partition coefficient (Wildman–Crippen LogP) is 0.997. The van der Waals surface area contributed by atoms with E-state index < -0.39 is 0 Å². The number of rotatable bonds is 4.